The minimum Gasteiger partial charge on any atom is -0.433 e. The van der Waals surface area contributed by atoms with Gasteiger partial charge in [0.25, 0.3) is 5.91 Å². The number of anilines is 1. The Bertz CT molecular complexity index is 927. The number of ether oxygens (including phenoxy) is 1. The number of fused-ring (bicyclic) bond motifs is 1. The fraction of sp³-hybridized carbons (Fsp3) is 0.263. The molecule has 3 aromatic rings. The Morgan fingerprint density at radius 1 is 1.24 bits per heavy atom. The SMILES string of the molecule is CC1(C(=O)Nc2ccc(-c3nc4cccc(F)c4o3)cc2)CCCO1. The number of hydrogen-bond acceptors (Lipinski definition) is 4. The van der Waals surface area contributed by atoms with Crippen molar-refractivity contribution in [2.24, 2.45) is 0 Å². The summed E-state index contributed by atoms with van der Waals surface area (Å²) in [4.78, 5) is 16.6. The number of hydrogen-bond donors (Lipinski definition) is 1. The van der Waals surface area contributed by atoms with E-state index in [4.69, 9.17) is 9.15 Å². The van der Waals surface area contributed by atoms with Gasteiger partial charge in [0.05, 0.1) is 0 Å². The third-order valence-corrected chi connectivity index (χ3v) is 4.46. The molecule has 1 atom stereocenters. The van der Waals surface area contributed by atoms with Gasteiger partial charge in [0.2, 0.25) is 5.89 Å². The molecule has 1 unspecified atom stereocenters. The van der Waals surface area contributed by atoms with Gasteiger partial charge < -0.3 is 14.5 Å². The molecule has 0 bridgehead atoms. The monoisotopic (exact) mass is 340 g/mol. The van der Waals surface area contributed by atoms with Gasteiger partial charge in [-0.3, -0.25) is 4.79 Å². The number of carbonyl (C=O) groups excluding carboxylic acids is 1. The number of para-hydroxylation sites is 1. The lowest BCUT2D eigenvalue weighted by Gasteiger charge is -2.21. The molecule has 6 heteroatoms. The van der Waals surface area contributed by atoms with Crippen molar-refractivity contribution in [2.45, 2.75) is 25.4 Å². The van der Waals surface area contributed by atoms with Crippen LogP contribution in [0.3, 0.4) is 0 Å². The van der Waals surface area contributed by atoms with Gasteiger partial charge in [-0.15, -0.1) is 0 Å². The molecule has 1 saturated heterocycles. The molecule has 2 heterocycles. The zero-order valence-corrected chi connectivity index (χ0v) is 13.7. The van der Waals surface area contributed by atoms with Gasteiger partial charge in [-0.1, -0.05) is 6.07 Å². The number of rotatable bonds is 3. The highest BCUT2D eigenvalue weighted by Gasteiger charge is 2.37. The summed E-state index contributed by atoms with van der Waals surface area (Å²) in [5.41, 5.74) is 1.21. The third-order valence-electron chi connectivity index (χ3n) is 4.46. The predicted molar refractivity (Wildman–Crippen MR) is 91.6 cm³/mol. The van der Waals surface area contributed by atoms with Crippen molar-refractivity contribution in [3.05, 3.63) is 48.3 Å². The molecule has 0 radical (unpaired) electrons. The molecule has 1 fully saturated rings. The van der Waals surface area contributed by atoms with Crippen LogP contribution in [0, 0.1) is 5.82 Å². The molecule has 1 aliphatic heterocycles. The van der Waals surface area contributed by atoms with E-state index in [2.05, 4.69) is 10.3 Å². The van der Waals surface area contributed by atoms with Crippen LogP contribution in [-0.2, 0) is 9.53 Å². The second-order valence-corrected chi connectivity index (χ2v) is 6.32. The molecule has 1 aromatic heterocycles. The highest BCUT2D eigenvalue weighted by Crippen LogP contribution is 2.29. The lowest BCUT2D eigenvalue weighted by Crippen LogP contribution is -2.39. The van der Waals surface area contributed by atoms with E-state index >= 15 is 0 Å². The highest BCUT2D eigenvalue weighted by atomic mass is 19.1. The maximum absolute atomic E-state index is 13.7. The molecule has 25 heavy (non-hydrogen) atoms. The smallest absolute Gasteiger partial charge is 0.256 e. The largest absolute Gasteiger partial charge is 0.433 e. The number of oxazole rings is 1. The van der Waals surface area contributed by atoms with Crippen LogP contribution in [0.25, 0.3) is 22.6 Å². The number of benzene rings is 2. The van der Waals surface area contributed by atoms with Gasteiger partial charge in [-0.2, -0.15) is 0 Å². The molecular formula is C19H17FN2O3. The summed E-state index contributed by atoms with van der Waals surface area (Å²) in [6.45, 7) is 2.41. The van der Waals surface area contributed by atoms with Crippen molar-refractivity contribution in [1.82, 2.24) is 4.98 Å². The lowest BCUT2D eigenvalue weighted by atomic mass is 10.0. The Kier molecular flexibility index (Phi) is 3.77. The first-order valence-corrected chi connectivity index (χ1v) is 8.16. The molecule has 0 saturated carbocycles. The van der Waals surface area contributed by atoms with Crippen molar-refractivity contribution < 1.29 is 18.3 Å². The Morgan fingerprint density at radius 2 is 2.04 bits per heavy atom. The Hall–Kier alpha value is -2.73. The van der Waals surface area contributed by atoms with Gasteiger partial charge in [0.15, 0.2) is 11.4 Å². The van der Waals surface area contributed by atoms with Crippen LogP contribution in [0.15, 0.2) is 46.9 Å². The van der Waals surface area contributed by atoms with Gasteiger partial charge in [-0.25, -0.2) is 9.37 Å². The molecule has 5 nitrogen and oxygen atoms in total. The third kappa shape index (κ3) is 2.89. The highest BCUT2D eigenvalue weighted by molar-refractivity contribution is 5.97. The summed E-state index contributed by atoms with van der Waals surface area (Å²) in [6, 6.07) is 11.7. The van der Waals surface area contributed by atoms with E-state index in [-0.39, 0.29) is 11.5 Å². The Morgan fingerprint density at radius 3 is 2.72 bits per heavy atom. The summed E-state index contributed by atoms with van der Waals surface area (Å²) in [6.07, 6.45) is 1.60. The number of carbonyl (C=O) groups is 1. The number of nitrogens with one attached hydrogen (secondary N) is 1. The van der Waals surface area contributed by atoms with E-state index < -0.39 is 11.4 Å². The van der Waals surface area contributed by atoms with Crippen LogP contribution in [0.2, 0.25) is 0 Å². The minimum atomic E-state index is -0.767. The first kappa shape index (κ1) is 15.8. The van der Waals surface area contributed by atoms with E-state index in [0.29, 0.717) is 35.7 Å². The molecular weight excluding hydrogens is 323 g/mol. The Balaban J connectivity index is 1.55. The summed E-state index contributed by atoms with van der Waals surface area (Å²) < 4.78 is 24.8. The average Bonchev–Trinajstić information content (AvgIpc) is 3.24. The van der Waals surface area contributed by atoms with Crippen LogP contribution < -0.4 is 5.32 Å². The molecule has 1 aliphatic rings. The average molecular weight is 340 g/mol. The second-order valence-electron chi connectivity index (χ2n) is 6.32. The molecule has 4 rings (SSSR count). The van der Waals surface area contributed by atoms with E-state index in [0.717, 1.165) is 6.42 Å². The number of aromatic nitrogens is 1. The maximum Gasteiger partial charge on any atom is 0.256 e. The first-order chi connectivity index (χ1) is 12.0. The van der Waals surface area contributed by atoms with Gasteiger partial charge >= 0.3 is 0 Å². The van der Waals surface area contributed by atoms with Crippen molar-refractivity contribution in [3.8, 4) is 11.5 Å². The fourth-order valence-corrected chi connectivity index (χ4v) is 2.96. The van der Waals surface area contributed by atoms with Gasteiger partial charge in [0.1, 0.15) is 11.1 Å². The summed E-state index contributed by atoms with van der Waals surface area (Å²) >= 11 is 0. The molecule has 0 aliphatic carbocycles. The quantitative estimate of drug-likeness (QED) is 0.778. The molecule has 1 amide bonds. The first-order valence-electron chi connectivity index (χ1n) is 8.16. The molecule has 0 spiro atoms. The van der Waals surface area contributed by atoms with Crippen LogP contribution in [0.5, 0.6) is 0 Å². The molecule has 128 valence electrons. The van der Waals surface area contributed by atoms with Crippen molar-refractivity contribution in [3.63, 3.8) is 0 Å². The number of halogens is 1. The normalized spacial score (nSPS) is 20.1. The number of amides is 1. The van der Waals surface area contributed by atoms with E-state index in [1.807, 2.05) is 0 Å². The predicted octanol–water partition coefficient (Wildman–Crippen LogP) is 4.14. The van der Waals surface area contributed by atoms with Crippen molar-refractivity contribution in [1.29, 1.82) is 0 Å². The van der Waals surface area contributed by atoms with Crippen LogP contribution >= 0.6 is 0 Å². The van der Waals surface area contributed by atoms with Crippen LogP contribution in [0.4, 0.5) is 10.1 Å². The Labute approximate surface area is 143 Å². The van der Waals surface area contributed by atoms with E-state index in [1.54, 1.807) is 43.3 Å². The minimum absolute atomic E-state index is 0.140. The zero-order valence-electron chi connectivity index (χ0n) is 13.7. The summed E-state index contributed by atoms with van der Waals surface area (Å²) in [7, 11) is 0. The topological polar surface area (TPSA) is 64.4 Å². The lowest BCUT2D eigenvalue weighted by molar-refractivity contribution is -0.133. The second kappa shape index (κ2) is 5.97. The number of nitrogens with zero attached hydrogens (tertiary/aromatic N) is 1. The summed E-state index contributed by atoms with van der Waals surface area (Å²) in [5.74, 6) is -0.254. The van der Waals surface area contributed by atoms with Crippen LogP contribution in [-0.4, -0.2) is 23.1 Å². The van der Waals surface area contributed by atoms with E-state index in [1.165, 1.54) is 6.07 Å². The molecule has 1 N–H and O–H groups in total. The van der Waals surface area contributed by atoms with Crippen LogP contribution in [0.1, 0.15) is 19.8 Å². The standard InChI is InChI=1S/C19H17FN2O3/c1-19(10-3-11-24-19)18(23)21-13-8-6-12(7-9-13)17-22-15-5-2-4-14(20)16(15)25-17/h2,4-9H,3,10-11H2,1H3,(H,21,23). The maximum atomic E-state index is 13.7. The fourth-order valence-electron chi connectivity index (χ4n) is 2.96. The van der Waals surface area contributed by atoms with Gasteiger partial charge in [-0.05, 0) is 56.2 Å². The van der Waals surface area contributed by atoms with Gasteiger partial charge in [0, 0.05) is 17.9 Å². The summed E-state index contributed by atoms with van der Waals surface area (Å²) in [5, 5.41) is 2.86. The van der Waals surface area contributed by atoms with Crippen molar-refractivity contribution in [2.75, 3.05) is 11.9 Å². The van der Waals surface area contributed by atoms with Crippen molar-refractivity contribution >= 4 is 22.7 Å². The molecule has 2 aromatic carbocycles. The van der Waals surface area contributed by atoms with E-state index in [9.17, 15) is 9.18 Å². The zero-order chi connectivity index (χ0) is 17.4.